The van der Waals surface area contributed by atoms with Crippen molar-refractivity contribution in [3.8, 4) is 17.1 Å². The molecule has 0 atom stereocenters. The lowest BCUT2D eigenvalue weighted by Crippen LogP contribution is -2.06. The number of hydrogen-bond acceptors (Lipinski definition) is 3. The highest BCUT2D eigenvalue weighted by Gasteiger charge is 2.20. The zero-order valence-corrected chi connectivity index (χ0v) is 23.7. The smallest absolute Gasteiger partial charge is 0.221 e. The number of hydrogen-bond donors (Lipinski definition) is 0. The molecule has 10 aromatic rings. The molecule has 0 fully saturated rings. The van der Waals surface area contributed by atoms with Gasteiger partial charge in [-0.3, -0.25) is 8.97 Å². The van der Waals surface area contributed by atoms with Crippen LogP contribution in [-0.4, -0.2) is 18.9 Å². The summed E-state index contributed by atoms with van der Waals surface area (Å²) in [6.45, 7) is 0. The van der Waals surface area contributed by atoms with Gasteiger partial charge in [-0.25, -0.2) is 9.97 Å². The number of benzene rings is 6. The molecule has 4 aromatic heterocycles. The van der Waals surface area contributed by atoms with Crippen LogP contribution < -0.4 is 0 Å². The van der Waals surface area contributed by atoms with Gasteiger partial charge in [-0.15, -0.1) is 11.3 Å². The van der Waals surface area contributed by atoms with E-state index in [1.165, 1.54) is 42.1 Å². The molecule has 4 heterocycles. The number of rotatable bonds is 2. The van der Waals surface area contributed by atoms with Crippen LogP contribution in [0.5, 0.6) is 0 Å². The number of para-hydroxylation sites is 4. The molecule has 0 bridgehead atoms. The van der Waals surface area contributed by atoms with Gasteiger partial charge in [0.2, 0.25) is 5.95 Å². The van der Waals surface area contributed by atoms with E-state index in [0.717, 1.165) is 44.6 Å². The molecule has 0 radical (unpaired) electrons. The standard InChI is InChI=1S/C38H22N4S/c1-4-15-30-29(12-1)37-39-31-16-5-7-18-33(31)42(37)38(40-30)41-32-17-6-2-10-25(32)26-21-20-23(22-34(26)41)24-13-9-14-28-27-11-3-8-19-35(27)43-36(24)28/h1-22H. The SMILES string of the molecule is c1ccc2c(c1)nc(-n1c3ccccc3c3ccc(-c4cccc5c4sc4ccccc45)cc31)n1c3ccccc3nc21. The molecule has 200 valence electrons. The number of fused-ring (bicyclic) bond motifs is 11. The number of nitrogens with zero attached hydrogens (tertiary/aromatic N) is 4. The van der Waals surface area contributed by atoms with Crippen molar-refractivity contribution in [1.29, 1.82) is 0 Å². The van der Waals surface area contributed by atoms with Crippen LogP contribution in [0.4, 0.5) is 0 Å². The second kappa shape index (κ2) is 8.51. The first kappa shape index (κ1) is 23.1. The summed E-state index contributed by atoms with van der Waals surface area (Å²) < 4.78 is 7.18. The summed E-state index contributed by atoms with van der Waals surface area (Å²) in [6, 6.07) is 47.6. The van der Waals surface area contributed by atoms with Gasteiger partial charge in [0.1, 0.15) is 5.65 Å². The average Bonchev–Trinajstić information content (AvgIpc) is 3.74. The second-order valence-corrected chi connectivity index (χ2v) is 12.1. The topological polar surface area (TPSA) is 35.1 Å². The molecule has 43 heavy (non-hydrogen) atoms. The van der Waals surface area contributed by atoms with Crippen LogP contribution in [0, 0.1) is 0 Å². The zero-order valence-electron chi connectivity index (χ0n) is 22.9. The van der Waals surface area contributed by atoms with Crippen molar-refractivity contribution >= 4 is 80.9 Å². The fraction of sp³-hybridized carbons (Fsp3) is 0. The van der Waals surface area contributed by atoms with E-state index in [1.807, 2.05) is 23.5 Å². The Hall–Kier alpha value is -5.52. The van der Waals surface area contributed by atoms with Gasteiger partial charge in [-0.1, -0.05) is 91.0 Å². The average molecular weight is 567 g/mol. The predicted molar refractivity (Wildman–Crippen MR) is 181 cm³/mol. The lowest BCUT2D eigenvalue weighted by atomic mass is 10.0. The lowest BCUT2D eigenvalue weighted by molar-refractivity contribution is 0.979. The summed E-state index contributed by atoms with van der Waals surface area (Å²) in [5.41, 5.74) is 8.54. The van der Waals surface area contributed by atoms with Crippen LogP contribution in [0.1, 0.15) is 0 Å². The van der Waals surface area contributed by atoms with Gasteiger partial charge < -0.3 is 0 Å². The Bertz CT molecular complexity index is 2740. The number of imidazole rings is 1. The van der Waals surface area contributed by atoms with E-state index in [4.69, 9.17) is 9.97 Å². The predicted octanol–water partition coefficient (Wildman–Crippen LogP) is 10.2. The van der Waals surface area contributed by atoms with Crippen molar-refractivity contribution < 1.29 is 0 Å². The van der Waals surface area contributed by atoms with Crippen LogP contribution in [0.15, 0.2) is 133 Å². The lowest BCUT2D eigenvalue weighted by Gasteiger charge is -2.13. The molecule has 0 saturated heterocycles. The Labute approximate surface area is 249 Å². The molecule has 0 amide bonds. The molecule has 0 aliphatic heterocycles. The maximum absolute atomic E-state index is 5.34. The van der Waals surface area contributed by atoms with Gasteiger partial charge >= 0.3 is 0 Å². The summed E-state index contributed by atoms with van der Waals surface area (Å²) in [5.74, 6) is 0.839. The zero-order chi connectivity index (χ0) is 28.1. The first-order chi connectivity index (χ1) is 21.3. The van der Waals surface area contributed by atoms with Crippen LogP contribution in [0.25, 0.3) is 86.6 Å². The molecular weight excluding hydrogens is 545 g/mol. The van der Waals surface area contributed by atoms with Crippen molar-refractivity contribution in [2.24, 2.45) is 0 Å². The summed E-state index contributed by atoms with van der Waals surface area (Å²) in [7, 11) is 0. The van der Waals surface area contributed by atoms with E-state index in [1.54, 1.807) is 0 Å². The summed E-state index contributed by atoms with van der Waals surface area (Å²) >= 11 is 1.87. The molecule has 5 heteroatoms. The van der Waals surface area contributed by atoms with E-state index < -0.39 is 0 Å². The van der Waals surface area contributed by atoms with Crippen LogP contribution in [0.2, 0.25) is 0 Å². The van der Waals surface area contributed by atoms with Crippen molar-refractivity contribution in [3.63, 3.8) is 0 Å². The van der Waals surface area contributed by atoms with Gasteiger partial charge in [0.05, 0.1) is 27.6 Å². The first-order valence-corrected chi connectivity index (χ1v) is 15.3. The number of aromatic nitrogens is 4. The molecule has 0 aliphatic rings. The minimum absolute atomic E-state index is 0.839. The minimum atomic E-state index is 0.839. The van der Waals surface area contributed by atoms with Crippen molar-refractivity contribution in [2.75, 3.05) is 0 Å². The highest BCUT2D eigenvalue weighted by atomic mass is 32.1. The monoisotopic (exact) mass is 566 g/mol. The molecule has 0 saturated carbocycles. The third-order valence-electron chi connectivity index (χ3n) is 8.72. The van der Waals surface area contributed by atoms with E-state index in [2.05, 4.69) is 130 Å². The third-order valence-corrected chi connectivity index (χ3v) is 9.94. The largest absolute Gasteiger partial charge is 0.279 e. The molecule has 4 nitrogen and oxygen atoms in total. The van der Waals surface area contributed by atoms with E-state index >= 15 is 0 Å². The fourth-order valence-electron chi connectivity index (χ4n) is 6.81. The summed E-state index contributed by atoms with van der Waals surface area (Å²) in [4.78, 5) is 10.4. The van der Waals surface area contributed by atoms with Gasteiger partial charge in [0.25, 0.3) is 0 Å². The van der Waals surface area contributed by atoms with Gasteiger partial charge in [0, 0.05) is 36.3 Å². The highest BCUT2D eigenvalue weighted by molar-refractivity contribution is 7.26. The minimum Gasteiger partial charge on any atom is -0.279 e. The maximum atomic E-state index is 5.34. The van der Waals surface area contributed by atoms with Gasteiger partial charge in [-0.2, -0.15) is 0 Å². The molecule has 6 aromatic carbocycles. The van der Waals surface area contributed by atoms with E-state index in [0.29, 0.717) is 0 Å². The van der Waals surface area contributed by atoms with Crippen molar-refractivity contribution in [1.82, 2.24) is 18.9 Å². The summed E-state index contributed by atoms with van der Waals surface area (Å²) in [5, 5.41) is 6.07. The van der Waals surface area contributed by atoms with Gasteiger partial charge in [0.15, 0.2) is 0 Å². The molecule has 0 N–H and O–H groups in total. The van der Waals surface area contributed by atoms with Crippen LogP contribution >= 0.6 is 11.3 Å². The fourth-order valence-corrected chi connectivity index (χ4v) is 8.04. The van der Waals surface area contributed by atoms with Crippen LogP contribution in [0.3, 0.4) is 0 Å². The van der Waals surface area contributed by atoms with Crippen molar-refractivity contribution in [3.05, 3.63) is 133 Å². The van der Waals surface area contributed by atoms with E-state index in [9.17, 15) is 0 Å². The normalized spacial score (nSPS) is 12.2. The highest BCUT2D eigenvalue weighted by Crippen LogP contribution is 2.42. The molecular formula is C38H22N4S. The van der Waals surface area contributed by atoms with Gasteiger partial charge in [-0.05, 0) is 53.6 Å². The first-order valence-electron chi connectivity index (χ1n) is 14.4. The van der Waals surface area contributed by atoms with Crippen molar-refractivity contribution in [2.45, 2.75) is 0 Å². The second-order valence-electron chi connectivity index (χ2n) is 11.1. The van der Waals surface area contributed by atoms with E-state index in [-0.39, 0.29) is 0 Å². The Morgan fingerprint density at radius 2 is 1.19 bits per heavy atom. The Morgan fingerprint density at radius 3 is 2.09 bits per heavy atom. The third kappa shape index (κ3) is 3.14. The molecule has 10 rings (SSSR count). The molecule has 0 unspecified atom stereocenters. The Morgan fingerprint density at radius 1 is 0.488 bits per heavy atom. The molecule has 0 aliphatic carbocycles. The maximum Gasteiger partial charge on any atom is 0.221 e. The quantitative estimate of drug-likeness (QED) is 0.209. The Balaban J connectivity index is 1.35. The summed E-state index contributed by atoms with van der Waals surface area (Å²) in [6.07, 6.45) is 0. The molecule has 0 spiro atoms. The Kier molecular flexibility index (Phi) is 4.57. The number of thiophene rings is 1. The van der Waals surface area contributed by atoms with Crippen LogP contribution in [-0.2, 0) is 0 Å².